The molecular weight excluding hydrogens is 1470 g/mol. The molecule has 13 aromatic carbocycles. The first-order chi connectivity index (χ1) is 59.6. The van der Waals surface area contributed by atoms with Gasteiger partial charge in [0.05, 0.1) is 17.1 Å². The van der Waals surface area contributed by atoms with Crippen molar-refractivity contribution in [3.8, 4) is 11.5 Å². The standard InChI is InChI=1S/C103H68B3N13O/c1-7-33-69(34-8-1)112(70-35-9-2-10-36-70)75-59-89-101-90(60-75)116(97-50-24-29-55-108-97)85-67-87-82(65-80(85)104(101)78-45-19-21-47-84(78)115(89)96-49-23-28-54-107-96)106-83-66-81-86(119(100-53-27-32-58-111-100)93-63-77(64-95-103(93)105(81)79-46-20-22-48-94(79)120-95)114(73-41-15-5-16-42-73)74-43-17-6-18-44-74)68-88(83)118(99-52-26-31-57-110-99)92-62-76(61-91(102(92)106)117(87)98-51-25-30-56-109-98)113(71-37-11-3-12-38-71)72-39-13-4-14-40-72/h1-68H. The van der Waals surface area contributed by atoms with Crippen molar-refractivity contribution in [1.82, 2.24) is 24.9 Å². The van der Waals surface area contributed by atoms with Crippen LogP contribution in [0.4, 0.5) is 137 Å². The van der Waals surface area contributed by atoms with Gasteiger partial charge in [0.15, 0.2) is 0 Å². The molecule has 0 saturated heterocycles. The van der Waals surface area contributed by atoms with Gasteiger partial charge in [0, 0.05) is 128 Å². The summed E-state index contributed by atoms with van der Waals surface area (Å²) in [4.78, 5) is 46.1. The van der Waals surface area contributed by atoms with Crippen molar-refractivity contribution in [1.29, 1.82) is 0 Å². The summed E-state index contributed by atoms with van der Waals surface area (Å²) >= 11 is 0. The van der Waals surface area contributed by atoms with E-state index in [1.165, 1.54) is 0 Å². The third-order valence-electron chi connectivity index (χ3n) is 24.2. The fourth-order valence-electron chi connectivity index (χ4n) is 19.4. The minimum atomic E-state index is -0.473. The number of pyridine rings is 5. The Balaban J connectivity index is 0.832. The molecule has 18 aromatic rings. The van der Waals surface area contributed by atoms with Crippen molar-refractivity contribution < 1.29 is 4.74 Å². The lowest BCUT2D eigenvalue weighted by Gasteiger charge is -2.48. The van der Waals surface area contributed by atoms with Crippen LogP contribution in [0.2, 0.25) is 0 Å². The van der Waals surface area contributed by atoms with Crippen LogP contribution < -0.4 is 93.1 Å². The van der Waals surface area contributed by atoms with Crippen LogP contribution >= 0.6 is 0 Å². The largest absolute Gasteiger partial charge is 0.458 e. The minimum Gasteiger partial charge on any atom is -0.458 e. The molecule has 14 nitrogen and oxygen atoms in total. The molecule has 5 aromatic heterocycles. The molecular formula is C103H68B3N13O. The fraction of sp³-hybridized carbons (Fsp3) is 0. The van der Waals surface area contributed by atoms with Crippen LogP contribution in [-0.4, -0.2) is 45.1 Å². The average molecular weight is 1540 g/mol. The van der Waals surface area contributed by atoms with Crippen LogP contribution in [0.15, 0.2) is 413 Å². The van der Waals surface area contributed by atoms with Crippen LogP contribution in [0.1, 0.15) is 0 Å². The second-order valence-corrected chi connectivity index (χ2v) is 30.7. The smallest absolute Gasteiger partial charge is 0.256 e. The van der Waals surface area contributed by atoms with E-state index in [1.807, 2.05) is 61.3 Å². The Morgan fingerprint density at radius 1 is 0.183 bits per heavy atom. The molecule has 0 saturated carbocycles. The van der Waals surface area contributed by atoms with Gasteiger partial charge in [0.1, 0.15) is 40.6 Å². The molecule has 24 rings (SSSR count). The van der Waals surface area contributed by atoms with E-state index in [0.29, 0.717) is 0 Å². The molecule has 0 amide bonds. The summed E-state index contributed by atoms with van der Waals surface area (Å²) in [5, 5.41) is 0. The number of aromatic nitrogens is 5. The summed E-state index contributed by atoms with van der Waals surface area (Å²) < 4.78 is 7.43. The Bertz CT molecular complexity index is 6880. The first-order valence-electron chi connectivity index (χ1n) is 40.6. The van der Waals surface area contributed by atoms with E-state index in [1.54, 1.807) is 0 Å². The van der Waals surface area contributed by atoms with E-state index < -0.39 is 6.71 Å². The highest BCUT2D eigenvalue weighted by atomic mass is 16.5. The van der Waals surface area contributed by atoms with Gasteiger partial charge >= 0.3 is 0 Å². The van der Waals surface area contributed by atoms with Crippen LogP contribution in [0, 0.1) is 0 Å². The second kappa shape index (κ2) is 27.9. The maximum Gasteiger partial charge on any atom is 0.256 e. The first-order valence-corrected chi connectivity index (χ1v) is 40.6. The van der Waals surface area contributed by atoms with E-state index in [4.69, 9.17) is 29.7 Å². The summed E-state index contributed by atoms with van der Waals surface area (Å²) in [6.07, 6.45) is 9.56. The van der Waals surface area contributed by atoms with E-state index >= 15 is 0 Å². The Morgan fingerprint density at radius 2 is 0.442 bits per heavy atom. The van der Waals surface area contributed by atoms with E-state index in [9.17, 15) is 0 Å². The fourth-order valence-corrected chi connectivity index (χ4v) is 19.4. The van der Waals surface area contributed by atoms with Gasteiger partial charge in [-0.1, -0.05) is 188 Å². The summed E-state index contributed by atoms with van der Waals surface area (Å²) in [7, 11) is 0. The maximum absolute atomic E-state index is 7.43. The van der Waals surface area contributed by atoms with Gasteiger partial charge in [0.25, 0.3) is 20.1 Å². The summed E-state index contributed by atoms with van der Waals surface area (Å²) in [5.74, 6) is 5.35. The molecule has 0 atom stereocenters. The maximum atomic E-state index is 7.43. The van der Waals surface area contributed by atoms with Gasteiger partial charge in [-0.05, 0) is 237 Å². The van der Waals surface area contributed by atoms with Crippen molar-refractivity contribution in [3.63, 3.8) is 0 Å². The Kier molecular flexibility index (Phi) is 15.9. The number of hydrogen-bond donors (Lipinski definition) is 0. The monoisotopic (exact) mass is 1540 g/mol. The van der Waals surface area contributed by atoms with E-state index in [2.05, 4.69) is 391 Å². The normalized spacial score (nSPS) is 13.1. The van der Waals surface area contributed by atoms with Crippen LogP contribution in [-0.2, 0) is 0 Å². The zero-order chi connectivity index (χ0) is 78.9. The lowest BCUT2D eigenvalue weighted by atomic mass is 9.29. The molecule has 560 valence electrons. The Hall–Kier alpha value is -16.0. The molecule has 0 fully saturated rings. The second-order valence-electron chi connectivity index (χ2n) is 30.7. The van der Waals surface area contributed by atoms with Crippen molar-refractivity contribution in [2.45, 2.75) is 0 Å². The van der Waals surface area contributed by atoms with Crippen LogP contribution in [0.25, 0.3) is 0 Å². The number of anilines is 24. The molecule has 11 heterocycles. The third-order valence-corrected chi connectivity index (χ3v) is 24.2. The van der Waals surface area contributed by atoms with Crippen LogP contribution in [0.5, 0.6) is 11.5 Å². The number of rotatable bonds is 14. The predicted molar refractivity (Wildman–Crippen MR) is 493 cm³/mol. The summed E-state index contributed by atoms with van der Waals surface area (Å²) in [6, 6.07) is 137. The number of hydrogen-bond acceptors (Lipinski definition) is 14. The number of para-hydroxylation sites is 8. The molecule has 0 N–H and O–H groups in total. The average Bonchev–Trinajstić information content (AvgIpc) is 0.677. The number of ether oxygens (including phenoxy) is 1. The van der Waals surface area contributed by atoms with Crippen LogP contribution in [0.3, 0.4) is 0 Å². The van der Waals surface area contributed by atoms with Crippen molar-refractivity contribution in [2.24, 2.45) is 0 Å². The van der Waals surface area contributed by atoms with Crippen molar-refractivity contribution in [2.75, 3.05) is 39.2 Å². The predicted octanol–water partition coefficient (Wildman–Crippen LogP) is 19.6. The molecule has 6 aliphatic heterocycles. The van der Waals surface area contributed by atoms with Crippen molar-refractivity contribution >= 4 is 206 Å². The third kappa shape index (κ3) is 10.8. The first kappa shape index (κ1) is 68.4. The highest BCUT2D eigenvalue weighted by Crippen LogP contribution is 2.54. The molecule has 0 radical (unpaired) electrons. The topological polar surface area (TPSA) is 99.6 Å². The highest BCUT2D eigenvalue weighted by molar-refractivity contribution is 7.04. The lowest BCUT2D eigenvalue weighted by molar-refractivity contribution is 0.487. The lowest BCUT2D eigenvalue weighted by Crippen LogP contribution is -2.66. The zero-order valence-electron chi connectivity index (χ0n) is 64.7. The zero-order valence-corrected chi connectivity index (χ0v) is 64.7. The number of nitrogens with zero attached hydrogens (tertiary/aromatic N) is 13. The van der Waals surface area contributed by atoms with E-state index in [-0.39, 0.29) is 13.4 Å². The number of benzene rings is 13. The quantitative estimate of drug-likeness (QED) is 0.0966. The molecule has 120 heavy (non-hydrogen) atoms. The molecule has 6 aliphatic rings. The Morgan fingerprint density at radius 3 is 0.767 bits per heavy atom. The summed E-state index contributed by atoms with van der Waals surface area (Å²) in [6.45, 7) is -1.16. The molecule has 17 heteroatoms. The molecule has 0 spiro atoms. The minimum absolute atomic E-state index is 0.336. The van der Waals surface area contributed by atoms with Gasteiger partial charge in [-0.15, -0.1) is 0 Å². The highest BCUT2D eigenvalue weighted by Gasteiger charge is 2.52. The summed E-state index contributed by atoms with van der Waals surface area (Å²) in [5.41, 5.74) is 28.4. The van der Waals surface area contributed by atoms with Gasteiger partial charge in [-0.25, -0.2) is 24.9 Å². The van der Waals surface area contributed by atoms with Gasteiger partial charge in [-0.3, -0.25) is 24.5 Å². The van der Waals surface area contributed by atoms with Gasteiger partial charge < -0.3 is 19.4 Å². The molecule has 0 aliphatic carbocycles. The van der Waals surface area contributed by atoms with Gasteiger partial charge in [-0.2, -0.15) is 0 Å². The van der Waals surface area contributed by atoms with Crippen molar-refractivity contribution in [3.05, 3.63) is 413 Å². The van der Waals surface area contributed by atoms with E-state index in [0.717, 1.165) is 198 Å². The molecule has 0 bridgehead atoms. The molecule has 0 unspecified atom stereocenters. The Labute approximate surface area is 695 Å². The SMILES string of the molecule is c1ccc(N(c2ccccc2)c2cc3c4c(c2)N(c2ccccn2)c2cc5c(cc2B4c2ccccc2O3)B2c3cc4c(cc3N(c3ccccn3)c3cc(N(c6ccccc6)c6ccccc6)cc(c32)N5c2ccccn2)N(c2ccccn2)c2cc(N(c3ccccc3)c3ccccc3)cc3c2B4c2ccccc2N3c2ccccn2)cc1. The van der Waals surface area contributed by atoms with Gasteiger partial charge in [0.2, 0.25) is 0 Å². The number of fused-ring (bicyclic) bond motifs is 12.